The summed E-state index contributed by atoms with van der Waals surface area (Å²) >= 11 is 6.06. The van der Waals surface area contributed by atoms with Crippen LogP contribution in [-0.2, 0) is 0 Å². The van der Waals surface area contributed by atoms with Crippen molar-refractivity contribution in [3.05, 3.63) is 29.1 Å². The summed E-state index contributed by atoms with van der Waals surface area (Å²) in [4.78, 5) is 13.0. The van der Waals surface area contributed by atoms with Gasteiger partial charge in [0.15, 0.2) is 17.0 Å². The van der Waals surface area contributed by atoms with Crippen LogP contribution in [0.3, 0.4) is 0 Å². The fourth-order valence-electron chi connectivity index (χ4n) is 2.24. The van der Waals surface area contributed by atoms with Gasteiger partial charge in [0.2, 0.25) is 5.28 Å². The first kappa shape index (κ1) is 13.1. The van der Waals surface area contributed by atoms with Gasteiger partial charge in [0.1, 0.15) is 0 Å². The molecular weight excluding hydrogens is 276 g/mol. The van der Waals surface area contributed by atoms with Crippen molar-refractivity contribution in [2.24, 2.45) is 0 Å². The molecule has 0 aliphatic heterocycles. The smallest absolute Gasteiger partial charge is 0.226 e. The van der Waals surface area contributed by atoms with Gasteiger partial charge in [-0.15, -0.1) is 0 Å². The fourth-order valence-corrected chi connectivity index (χ4v) is 2.40. The average Bonchev–Trinajstić information content (AvgIpc) is 2.91. The molecular formula is C13H15ClN6. The van der Waals surface area contributed by atoms with E-state index in [-0.39, 0.29) is 11.3 Å². The Kier molecular flexibility index (Phi) is 2.97. The van der Waals surface area contributed by atoms with Crippen LogP contribution in [0.15, 0.2) is 12.4 Å². The molecule has 3 rings (SSSR count). The van der Waals surface area contributed by atoms with Crippen LogP contribution in [0, 0.1) is 13.8 Å². The molecule has 3 aromatic heterocycles. The quantitative estimate of drug-likeness (QED) is 0.681. The van der Waals surface area contributed by atoms with Gasteiger partial charge in [-0.2, -0.15) is 15.1 Å². The van der Waals surface area contributed by atoms with Crippen LogP contribution in [0.25, 0.3) is 17.0 Å². The third kappa shape index (κ3) is 1.96. The lowest BCUT2D eigenvalue weighted by atomic mass is 10.4. The third-order valence-corrected chi connectivity index (χ3v) is 3.31. The van der Waals surface area contributed by atoms with Crippen molar-refractivity contribution < 1.29 is 0 Å². The maximum absolute atomic E-state index is 6.06. The molecule has 20 heavy (non-hydrogen) atoms. The summed E-state index contributed by atoms with van der Waals surface area (Å²) in [5, 5.41) is 4.64. The van der Waals surface area contributed by atoms with Crippen LogP contribution in [0.5, 0.6) is 0 Å². The first-order chi connectivity index (χ1) is 9.47. The van der Waals surface area contributed by atoms with Gasteiger partial charge in [0.25, 0.3) is 0 Å². The van der Waals surface area contributed by atoms with E-state index >= 15 is 0 Å². The zero-order chi connectivity index (χ0) is 14.4. The number of hydrogen-bond donors (Lipinski definition) is 0. The van der Waals surface area contributed by atoms with Gasteiger partial charge in [-0.05, 0) is 45.4 Å². The lowest BCUT2D eigenvalue weighted by Gasteiger charge is -2.08. The number of fused-ring (bicyclic) bond motifs is 1. The summed E-state index contributed by atoms with van der Waals surface area (Å²) in [5.74, 6) is 0.616. The van der Waals surface area contributed by atoms with Crippen LogP contribution in [0.2, 0.25) is 5.28 Å². The van der Waals surface area contributed by atoms with Crippen LogP contribution in [0.1, 0.15) is 31.3 Å². The predicted octanol–water partition coefficient (Wildman–Crippen LogP) is 2.86. The van der Waals surface area contributed by atoms with Crippen LogP contribution in [0.4, 0.5) is 0 Å². The van der Waals surface area contributed by atoms with Crippen molar-refractivity contribution in [3.63, 3.8) is 0 Å². The van der Waals surface area contributed by atoms with E-state index in [0.29, 0.717) is 11.3 Å². The highest BCUT2D eigenvalue weighted by Gasteiger charge is 2.17. The van der Waals surface area contributed by atoms with E-state index < -0.39 is 0 Å². The molecule has 0 atom stereocenters. The summed E-state index contributed by atoms with van der Waals surface area (Å²) in [6.07, 6.45) is 1.76. The lowest BCUT2D eigenvalue weighted by molar-refractivity contribution is 0.612. The van der Waals surface area contributed by atoms with Crippen molar-refractivity contribution in [2.45, 2.75) is 33.7 Å². The van der Waals surface area contributed by atoms with Crippen molar-refractivity contribution in [1.29, 1.82) is 0 Å². The van der Waals surface area contributed by atoms with Crippen LogP contribution < -0.4 is 0 Å². The molecule has 104 valence electrons. The summed E-state index contributed by atoms with van der Waals surface area (Å²) in [7, 11) is 0. The minimum absolute atomic E-state index is 0.197. The number of aromatic nitrogens is 6. The summed E-state index contributed by atoms with van der Waals surface area (Å²) in [6, 6.07) is 2.24. The van der Waals surface area contributed by atoms with Crippen LogP contribution >= 0.6 is 11.6 Å². The Bertz CT molecular complexity index is 786. The fraction of sp³-hybridized carbons (Fsp3) is 0.385. The van der Waals surface area contributed by atoms with E-state index in [4.69, 9.17) is 11.6 Å². The van der Waals surface area contributed by atoms with E-state index in [0.717, 1.165) is 17.0 Å². The molecule has 0 aromatic carbocycles. The maximum Gasteiger partial charge on any atom is 0.226 e. The molecule has 3 aromatic rings. The molecule has 0 radical (unpaired) electrons. The zero-order valence-electron chi connectivity index (χ0n) is 11.8. The number of nitrogens with zero attached hydrogens (tertiary/aromatic N) is 6. The maximum atomic E-state index is 6.06. The molecule has 0 saturated carbocycles. The topological polar surface area (TPSA) is 61.4 Å². The van der Waals surface area contributed by atoms with Crippen LogP contribution in [-0.4, -0.2) is 29.3 Å². The van der Waals surface area contributed by atoms with Crippen molar-refractivity contribution in [1.82, 2.24) is 29.3 Å². The lowest BCUT2D eigenvalue weighted by Crippen LogP contribution is -2.06. The molecule has 0 fully saturated rings. The molecule has 0 spiro atoms. The number of imidazole rings is 1. The first-order valence-corrected chi connectivity index (χ1v) is 6.79. The Morgan fingerprint density at radius 1 is 1.20 bits per heavy atom. The highest BCUT2D eigenvalue weighted by atomic mass is 35.5. The van der Waals surface area contributed by atoms with Crippen molar-refractivity contribution in [2.75, 3.05) is 0 Å². The summed E-state index contributed by atoms with van der Waals surface area (Å²) < 4.78 is 3.72. The standard InChI is InChI=1S/C13H15ClN6/c1-7(2)19-6-15-10-11(19)16-13(14)17-12(10)20-9(4)5-8(3)18-20/h5-7H,1-4H3. The SMILES string of the molecule is Cc1cc(C)n(-c2nc(Cl)nc3c2ncn3C(C)C)n1. The molecule has 0 amide bonds. The molecule has 3 heterocycles. The van der Waals surface area contributed by atoms with Gasteiger partial charge in [0, 0.05) is 11.7 Å². The molecule has 0 bridgehead atoms. The Hall–Kier alpha value is -1.95. The highest BCUT2D eigenvalue weighted by molar-refractivity contribution is 6.28. The van der Waals surface area contributed by atoms with Crippen molar-refractivity contribution in [3.8, 4) is 5.82 Å². The number of rotatable bonds is 2. The second-order valence-corrected chi connectivity index (χ2v) is 5.41. The minimum Gasteiger partial charge on any atom is -0.313 e. The van der Waals surface area contributed by atoms with E-state index in [1.807, 2.05) is 24.5 Å². The number of aryl methyl sites for hydroxylation is 2. The second-order valence-electron chi connectivity index (χ2n) is 5.07. The Morgan fingerprint density at radius 3 is 2.55 bits per heavy atom. The van der Waals surface area contributed by atoms with Gasteiger partial charge in [-0.1, -0.05) is 0 Å². The Labute approximate surface area is 121 Å². The third-order valence-electron chi connectivity index (χ3n) is 3.14. The van der Waals surface area contributed by atoms with Gasteiger partial charge < -0.3 is 4.57 Å². The largest absolute Gasteiger partial charge is 0.313 e. The monoisotopic (exact) mass is 290 g/mol. The molecule has 7 heteroatoms. The van der Waals surface area contributed by atoms with E-state index in [2.05, 4.69) is 33.9 Å². The van der Waals surface area contributed by atoms with Gasteiger partial charge in [0.05, 0.1) is 12.0 Å². The zero-order valence-corrected chi connectivity index (χ0v) is 12.5. The molecule has 0 unspecified atom stereocenters. The number of halogens is 1. The van der Waals surface area contributed by atoms with Gasteiger partial charge in [-0.25, -0.2) is 9.67 Å². The van der Waals surface area contributed by atoms with Crippen molar-refractivity contribution >= 4 is 22.8 Å². The predicted molar refractivity (Wildman–Crippen MR) is 77.3 cm³/mol. The Morgan fingerprint density at radius 2 is 1.95 bits per heavy atom. The number of hydrogen-bond acceptors (Lipinski definition) is 4. The Balaban J connectivity index is 2.33. The highest BCUT2D eigenvalue weighted by Crippen LogP contribution is 2.23. The minimum atomic E-state index is 0.197. The second kappa shape index (κ2) is 4.56. The molecule has 0 saturated heterocycles. The van der Waals surface area contributed by atoms with E-state index in [1.54, 1.807) is 11.0 Å². The van der Waals surface area contributed by atoms with Gasteiger partial charge in [-0.3, -0.25) is 0 Å². The normalized spacial score (nSPS) is 11.7. The van der Waals surface area contributed by atoms with E-state index in [1.165, 1.54) is 0 Å². The average molecular weight is 291 g/mol. The van der Waals surface area contributed by atoms with E-state index in [9.17, 15) is 0 Å². The summed E-state index contributed by atoms with van der Waals surface area (Å²) in [6.45, 7) is 8.05. The molecule has 6 nitrogen and oxygen atoms in total. The first-order valence-electron chi connectivity index (χ1n) is 6.41. The molecule has 0 aliphatic carbocycles. The molecule has 0 aliphatic rings. The summed E-state index contributed by atoms with van der Waals surface area (Å²) in [5.41, 5.74) is 3.34. The molecule has 0 N–H and O–H groups in total. The van der Waals surface area contributed by atoms with Gasteiger partial charge >= 0.3 is 0 Å².